The minimum absolute atomic E-state index is 0.372. The molecule has 0 spiro atoms. The third kappa shape index (κ3) is 5.49. The van der Waals surface area contributed by atoms with E-state index in [9.17, 15) is 4.79 Å². The van der Waals surface area contributed by atoms with E-state index in [0.29, 0.717) is 12.3 Å². The minimum atomic E-state index is 0.372. The van der Waals surface area contributed by atoms with Crippen molar-refractivity contribution in [3.8, 4) is 0 Å². The molecular formula is C21H32N2OS. The summed E-state index contributed by atoms with van der Waals surface area (Å²) in [4.78, 5) is 17.0. The zero-order valence-corrected chi connectivity index (χ0v) is 16.3. The Hall–Kier alpha value is -1.00. The molecule has 1 amide bonds. The molecule has 0 bridgehead atoms. The van der Waals surface area contributed by atoms with E-state index in [1.807, 2.05) is 0 Å². The Morgan fingerprint density at radius 3 is 2.52 bits per heavy atom. The maximum Gasteiger partial charge on any atom is 0.223 e. The van der Waals surface area contributed by atoms with Crippen LogP contribution in [0.15, 0.2) is 30.3 Å². The predicted octanol–water partition coefficient (Wildman–Crippen LogP) is 3.54. The average molecular weight is 361 g/mol. The molecule has 1 aromatic carbocycles. The molecule has 25 heavy (non-hydrogen) atoms. The van der Waals surface area contributed by atoms with Crippen LogP contribution >= 0.6 is 11.8 Å². The minimum Gasteiger partial charge on any atom is -0.342 e. The molecule has 3 nitrogen and oxygen atoms in total. The summed E-state index contributed by atoms with van der Waals surface area (Å²) in [6.07, 6.45) is 7.79. The molecule has 4 heteroatoms. The highest BCUT2D eigenvalue weighted by atomic mass is 32.2. The van der Waals surface area contributed by atoms with Gasteiger partial charge in [0.25, 0.3) is 0 Å². The fourth-order valence-corrected chi connectivity index (χ4v) is 4.70. The Balaban J connectivity index is 1.37. The summed E-state index contributed by atoms with van der Waals surface area (Å²) < 4.78 is 0. The third-order valence-corrected chi connectivity index (χ3v) is 6.57. The zero-order valence-electron chi connectivity index (χ0n) is 15.5. The molecule has 2 aliphatic rings. The van der Waals surface area contributed by atoms with Crippen LogP contribution in [0.4, 0.5) is 0 Å². The lowest BCUT2D eigenvalue weighted by Gasteiger charge is -2.34. The first-order chi connectivity index (χ1) is 12.3. The molecule has 1 atom stereocenters. The van der Waals surface area contributed by atoms with Gasteiger partial charge < -0.3 is 9.80 Å². The number of carbonyl (C=O) groups excluding carboxylic acids is 1. The van der Waals surface area contributed by atoms with Gasteiger partial charge in [-0.3, -0.25) is 4.79 Å². The molecule has 0 aromatic heterocycles. The molecular weight excluding hydrogens is 328 g/mol. The topological polar surface area (TPSA) is 23.6 Å². The lowest BCUT2D eigenvalue weighted by molar-refractivity contribution is -0.129. The van der Waals surface area contributed by atoms with Crippen LogP contribution in [0, 0.1) is 11.8 Å². The Bertz CT molecular complexity index is 528. The van der Waals surface area contributed by atoms with Crippen molar-refractivity contribution >= 4 is 17.7 Å². The summed E-state index contributed by atoms with van der Waals surface area (Å²) in [7, 11) is 0. The first-order valence-corrected chi connectivity index (χ1v) is 11.2. The first-order valence-electron chi connectivity index (χ1n) is 9.79. The standard InChI is InChI=1S/C21H32N2OS/c1-25-16-11-21(24)23-15-10-20(17-23)19-8-13-22(14-9-19)12-7-18-5-3-2-4-6-18/h2-6,19-20H,7-17H2,1H3/t20-/m0/s1. The monoisotopic (exact) mass is 360 g/mol. The van der Waals surface area contributed by atoms with Crippen molar-refractivity contribution in [2.45, 2.75) is 32.1 Å². The molecule has 1 aromatic rings. The van der Waals surface area contributed by atoms with Crippen LogP contribution < -0.4 is 0 Å². The van der Waals surface area contributed by atoms with Gasteiger partial charge in [0.2, 0.25) is 5.91 Å². The van der Waals surface area contributed by atoms with Gasteiger partial charge in [0.05, 0.1) is 0 Å². The summed E-state index contributed by atoms with van der Waals surface area (Å²) >= 11 is 1.77. The lowest BCUT2D eigenvalue weighted by atomic mass is 9.83. The summed E-state index contributed by atoms with van der Waals surface area (Å²) in [5, 5.41) is 0. The van der Waals surface area contributed by atoms with E-state index in [0.717, 1.165) is 37.1 Å². The maximum absolute atomic E-state index is 12.2. The highest BCUT2D eigenvalue weighted by molar-refractivity contribution is 7.98. The van der Waals surface area contributed by atoms with Gasteiger partial charge in [-0.25, -0.2) is 0 Å². The molecule has 2 heterocycles. The molecule has 0 aliphatic carbocycles. The Kier molecular flexibility index (Phi) is 7.23. The molecule has 0 N–H and O–H groups in total. The summed E-state index contributed by atoms with van der Waals surface area (Å²) in [6, 6.07) is 10.8. The Morgan fingerprint density at radius 1 is 1.08 bits per heavy atom. The van der Waals surface area contributed by atoms with Crippen LogP contribution in [0.1, 0.15) is 31.2 Å². The molecule has 2 aliphatic heterocycles. The molecule has 3 rings (SSSR count). The number of thioether (sulfide) groups is 1. The second-order valence-electron chi connectivity index (χ2n) is 7.55. The normalized spacial score (nSPS) is 22.4. The lowest BCUT2D eigenvalue weighted by Crippen LogP contribution is -2.38. The van der Waals surface area contributed by atoms with Gasteiger partial charge in [0.15, 0.2) is 0 Å². The van der Waals surface area contributed by atoms with Gasteiger partial charge in [0, 0.05) is 31.8 Å². The van der Waals surface area contributed by atoms with Gasteiger partial charge in [-0.2, -0.15) is 11.8 Å². The number of nitrogens with zero attached hydrogens (tertiary/aromatic N) is 2. The predicted molar refractivity (Wildman–Crippen MR) is 107 cm³/mol. The van der Waals surface area contributed by atoms with Crippen molar-refractivity contribution in [2.24, 2.45) is 11.8 Å². The number of piperidine rings is 1. The maximum atomic E-state index is 12.2. The molecule has 2 saturated heterocycles. The van der Waals surface area contributed by atoms with Crippen molar-refractivity contribution in [3.05, 3.63) is 35.9 Å². The number of rotatable bonds is 7. The second kappa shape index (κ2) is 9.63. The third-order valence-electron chi connectivity index (χ3n) is 5.96. The summed E-state index contributed by atoms with van der Waals surface area (Å²) in [5.41, 5.74) is 1.44. The van der Waals surface area contributed by atoms with E-state index in [-0.39, 0.29) is 0 Å². The van der Waals surface area contributed by atoms with Gasteiger partial charge in [-0.15, -0.1) is 0 Å². The average Bonchev–Trinajstić information content (AvgIpc) is 3.16. The van der Waals surface area contributed by atoms with Crippen LogP contribution in [0.25, 0.3) is 0 Å². The Morgan fingerprint density at radius 2 is 1.80 bits per heavy atom. The highest BCUT2D eigenvalue weighted by Gasteiger charge is 2.33. The number of carbonyl (C=O) groups is 1. The van der Waals surface area contributed by atoms with Crippen LogP contribution in [0.3, 0.4) is 0 Å². The summed E-state index contributed by atoms with van der Waals surface area (Å²) in [5.74, 6) is 2.90. The molecule has 138 valence electrons. The van der Waals surface area contributed by atoms with Gasteiger partial charge >= 0.3 is 0 Å². The van der Waals surface area contributed by atoms with Gasteiger partial charge in [-0.05, 0) is 62.4 Å². The van der Waals surface area contributed by atoms with Gasteiger partial charge in [-0.1, -0.05) is 30.3 Å². The second-order valence-corrected chi connectivity index (χ2v) is 8.53. The molecule has 0 saturated carbocycles. The molecule has 2 fully saturated rings. The number of amides is 1. The van der Waals surface area contributed by atoms with Crippen LogP contribution in [0.5, 0.6) is 0 Å². The fraction of sp³-hybridized carbons (Fsp3) is 0.667. The SMILES string of the molecule is CSCCC(=O)N1CC[C@H](C2CCN(CCc3ccccc3)CC2)C1. The van der Waals surface area contributed by atoms with E-state index in [1.54, 1.807) is 11.8 Å². The largest absolute Gasteiger partial charge is 0.342 e. The Labute approximate surface area is 157 Å². The van der Waals surface area contributed by atoms with Crippen LogP contribution in [0.2, 0.25) is 0 Å². The van der Waals surface area contributed by atoms with E-state index in [1.165, 1.54) is 44.5 Å². The zero-order chi connectivity index (χ0) is 17.5. The van der Waals surface area contributed by atoms with Crippen molar-refractivity contribution in [1.82, 2.24) is 9.80 Å². The van der Waals surface area contributed by atoms with Gasteiger partial charge in [0.1, 0.15) is 0 Å². The molecule has 0 radical (unpaired) electrons. The smallest absolute Gasteiger partial charge is 0.223 e. The fourth-order valence-electron chi connectivity index (χ4n) is 4.33. The van der Waals surface area contributed by atoms with Crippen LogP contribution in [-0.4, -0.2) is 60.4 Å². The van der Waals surface area contributed by atoms with E-state index in [2.05, 4.69) is 46.4 Å². The van der Waals surface area contributed by atoms with Crippen molar-refractivity contribution in [3.63, 3.8) is 0 Å². The number of hydrogen-bond donors (Lipinski definition) is 0. The molecule has 0 unspecified atom stereocenters. The van der Waals surface area contributed by atoms with Crippen LogP contribution in [-0.2, 0) is 11.2 Å². The van der Waals surface area contributed by atoms with Crippen molar-refractivity contribution < 1.29 is 4.79 Å². The number of likely N-dealkylation sites (tertiary alicyclic amines) is 2. The quantitative estimate of drug-likeness (QED) is 0.743. The highest BCUT2D eigenvalue weighted by Crippen LogP contribution is 2.32. The van der Waals surface area contributed by atoms with Crippen molar-refractivity contribution in [2.75, 3.05) is 44.7 Å². The van der Waals surface area contributed by atoms with E-state index >= 15 is 0 Å². The number of hydrogen-bond acceptors (Lipinski definition) is 3. The number of benzene rings is 1. The van der Waals surface area contributed by atoms with E-state index < -0.39 is 0 Å². The summed E-state index contributed by atoms with van der Waals surface area (Å²) in [6.45, 7) is 5.65. The van der Waals surface area contributed by atoms with E-state index in [4.69, 9.17) is 0 Å². The van der Waals surface area contributed by atoms with Crippen molar-refractivity contribution in [1.29, 1.82) is 0 Å². The first kappa shape index (κ1) is 18.8.